The molecular formula is C15H22N4O3S. The molecule has 1 aromatic rings. The Balaban J connectivity index is 1.61. The lowest BCUT2D eigenvalue weighted by Gasteiger charge is -2.14. The van der Waals surface area contributed by atoms with Gasteiger partial charge in [0.15, 0.2) is 5.11 Å². The first-order valence-corrected chi connectivity index (χ1v) is 7.90. The highest BCUT2D eigenvalue weighted by Gasteiger charge is 2.15. The van der Waals surface area contributed by atoms with Crippen molar-refractivity contribution >= 4 is 28.9 Å². The lowest BCUT2D eigenvalue weighted by Crippen LogP contribution is -2.49. The number of hydrogen-bond acceptors (Lipinski definition) is 5. The van der Waals surface area contributed by atoms with Gasteiger partial charge >= 0.3 is 0 Å². The molecule has 8 heteroatoms. The molecule has 0 unspecified atom stereocenters. The third-order valence-corrected chi connectivity index (χ3v) is 3.60. The monoisotopic (exact) mass is 338 g/mol. The lowest BCUT2D eigenvalue weighted by molar-refractivity contribution is -0.119. The van der Waals surface area contributed by atoms with Crippen molar-refractivity contribution in [3.63, 3.8) is 0 Å². The van der Waals surface area contributed by atoms with Gasteiger partial charge in [-0.3, -0.25) is 15.6 Å². The third kappa shape index (κ3) is 6.29. The Morgan fingerprint density at radius 2 is 2.30 bits per heavy atom. The summed E-state index contributed by atoms with van der Waals surface area (Å²) in [5.74, 6) is 0.502. The number of carbonyl (C=O) groups is 1. The standard InChI is InChI=1S/C15H22N4O3S/c1-21-12-5-2-4-11(8-12)16-10-14(20)18-19-15(23)17-9-13-6-3-7-22-13/h2,4-5,8,13,16H,3,6-7,9-10H2,1H3,(H,18,20)(H2,17,19,23)/t13-/m0/s1. The largest absolute Gasteiger partial charge is 0.497 e. The van der Waals surface area contributed by atoms with Gasteiger partial charge in [-0.1, -0.05) is 6.07 Å². The summed E-state index contributed by atoms with van der Waals surface area (Å²) < 4.78 is 10.6. The van der Waals surface area contributed by atoms with Crippen LogP contribution in [0.3, 0.4) is 0 Å². The molecule has 1 aliphatic rings. The zero-order valence-electron chi connectivity index (χ0n) is 13.1. The molecule has 0 aliphatic carbocycles. The molecule has 2 rings (SSSR count). The second-order valence-corrected chi connectivity index (χ2v) is 5.51. The highest BCUT2D eigenvalue weighted by molar-refractivity contribution is 7.80. The average Bonchev–Trinajstić information content (AvgIpc) is 3.10. The molecule has 1 heterocycles. The molecule has 126 valence electrons. The minimum atomic E-state index is -0.228. The number of carbonyl (C=O) groups excluding carboxylic acids is 1. The van der Waals surface area contributed by atoms with Gasteiger partial charge in [-0.25, -0.2) is 0 Å². The highest BCUT2D eigenvalue weighted by Crippen LogP contribution is 2.16. The van der Waals surface area contributed by atoms with Crippen LogP contribution in [0.2, 0.25) is 0 Å². The van der Waals surface area contributed by atoms with Gasteiger partial charge in [0.25, 0.3) is 5.91 Å². The number of thiocarbonyl (C=S) groups is 1. The van der Waals surface area contributed by atoms with E-state index in [1.54, 1.807) is 7.11 Å². The van der Waals surface area contributed by atoms with Gasteiger partial charge in [0.05, 0.1) is 19.8 Å². The Hall–Kier alpha value is -2.06. The molecule has 23 heavy (non-hydrogen) atoms. The summed E-state index contributed by atoms with van der Waals surface area (Å²) in [5, 5.41) is 6.39. The molecule has 0 bridgehead atoms. The van der Waals surface area contributed by atoms with Gasteiger partial charge in [0.1, 0.15) is 5.75 Å². The van der Waals surface area contributed by atoms with Crippen molar-refractivity contribution < 1.29 is 14.3 Å². The van der Waals surface area contributed by atoms with Crippen LogP contribution in [-0.4, -0.2) is 43.9 Å². The zero-order chi connectivity index (χ0) is 16.5. The predicted octanol–water partition coefficient (Wildman–Crippen LogP) is 0.781. The molecule has 7 nitrogen and oxygen atoms in total. The van der Waals surface area contributed by atoms with Crippen molar-refractivity contribution in [3.8, 4) is 5.75 Å². The van der Waals surface area contributed by atoms with Crippen LogP contribution >= 0.6 is 12.2 Å². The number of hydrazine groups is 1. The van der Waals surface area contributed by atoms with Gasteiger partial charge in [-0.2, -0.15) is 0 Å². The van der Waals surface area contributed by atoms with Gasteiger partial charge in [-0.05, 0) is 37.2 Å². The smallest absolute Gasteiger partial charge is 0.257 e. The summed E-state index contributed by atoms with van der Waals surface area (Å²) in [5.41, 5.74) is 6.00. The molecule has 1 aromatic carbocycles. The van der Waals surface area contributed by atoms with Gasteiger partial charge in [-0.15, -0.1) is 0 Å². The van der Waals surface area contributed by atoms with E-state index in [0.717, 1.165) is 30.9 Å². The van der Waals surface area contributed by atoms with E-state index in [4.69, 9.17) is 21.7 Å². The number of nitrogens with one attached hydrogen (secondary N) is 4. The molecule has 1 fully saturated rings. The molecule has 1 atom stereocenters. The Morgan fingerprint density at radius 1 is 1.43 bits per heavy atom. The van der Waals surface area contributed by atoms with E-state index >= 15 is 0 Å². The van der Waals surface area contributed by atoms with E-state index in [1.807, 2.05) is 24.3 Å². The number of hydrogen-bond donors (Lipinski definition) is 4. The minimum Gasteiger partial charge on any atom is -0.497 e. The van der Waals surface area contributed by atoms with Crippen molar-refractivity contribution in [2.24, 2.45) is 0 Å². The zero-order valence-corrected chi connectivity index (χ0v) is 13.9. The second kappa shape index (κ2) is 9.16. The maximum Gasteiger partial charge on any atom is 0.257 e. The van der Waals surface area contributed by atoms with Crippen LogP contribution < -0.4 is 26.2 Å². The average molecular weight is 338 g/mol. The second-order valence-electron chi connectivity index (χ2n) is 5.10. The Morgan fingerprint density at radius 3 is 3.04 bits per heavy atom. The van der Waals surface area contributed by atoms with Gasteiger partial charge < -0.3 is 20.1 Å². The summed E-state index contributed by atoms with van der Waals surface area (Å²) >= 11 is 5.09. The quantitative estimate of drug-likeness (QED) is 0.451. The van der Waals surface area contributed by atoms with Crippen LogP contribution in [0.5, 0.6) is 5.75 Å². The van der Waals surface area contributed by atoms with Crippen molar-refractivity contribution in [1.29, 1.82) is 0 Å². The van der Waals surface area contributed by atoms with Crippen molar-refractivity contribution in [2.75, 3.05) is 32.1 Å². The molecule has 1 amide bonds. The summed E-state index contributed by atoms with van der Waals surface area (Å²) in [7, 11) is 1.60. The van der Waals surface area contributed by atoms with E-state index in [0.29, 0.717) is 11.7 Å². The summed E-state index contributed by atoms with van der Waals surface area (Å²) in [6.45, 7) is 1.57. The van der Waals surface area contributed by atoms with Crippen molar-refractivity contribution in [1.82, 2.24) is 16.2 Å². The maximum atomic E-state index is 11.8. The number of benzene rings is 1. The van der Waals surface area contributed by atoms with E-state index in [2.05, 4.69) is 21.5 Å². The first-order valence-electron chi connectivity index (χ1n) is 7.49. The number of anilines is 1. The number of amides is 1. The first-order chi connectivity index (χ1) is 11.2. The first kappa shape index (κ1) is 17.3. The maximum absolute atomic E-state index is 11.8. The van der Waals surface area contributed by atoms with Crippen molar-refractivity contribution in [3.05, 3.63) is 24.3 Å². The van der Waals surface area contributed by atoms with E-state index in [9.17, 15) is 4.79 Å². The van der Waals surface area contributed by atoms with Crippen LogP contribution in [0.4, 0.5) is 5.69 Å². The van der Waals surface area contributed by atoms with E-state index < -0.39 is 0 Å². The summed E-state index contributed by atoms with van der Waals surface area (Å²) in [6, 6.07) is 7.36. The van der Waals surface area contributed by atoms with Crippen LogP contribution in [0.1, 0.15) is 12.8 Å². The van der Waals surface area contributed by atoms with E-state index in [1.165, 1.54) is 0 Å². The molecule has 0 aromatic heterocycles. The molecule has 0 radical (unpaired) electrons. The number of methoxy groups -OCH3 is 1. The lowest BCUT2D eigenvalue weighted by atomic mass is 10.2. The molecule has 0 saturated carbocycles. The van der Waals surface area contributed by atoms with E-state index in [-0.39, 0.29) is 18.6 Å². The number of ether oxygens (including phenoxy) is 2. The molecule has 4 N–H and O–H groups in total. The fraction of sp³-hybridized carbons (Fsp3) is 0.467. The molecule has 1 aliphatic heterocycles. The molecular weight excluding hydrogens is 316 g/mol. The normalized spacial score (nSPS) is 16.5. The van der Waals surface area contributed by atoms with Crippen molar-refractivity contribution in [2.45, 2.75) is 18.9 Å². The Labute approximate surface area is 141 Å². The SMILES string of the molecule is COc1cccc(NCC(=O)NNC(=S)NC[C@@H]2CCCO2)c1. The fourth-order valence-corrected chi connectivity index (χ4v) is 2.28. The summed E-state index contributed by atoms with van der Waals surface area (Å²) in [4.78, 5) is 11.8. The Bertz CT molecular complexity index is 535. The molecule has 1 saturated heterocycles. The van der Waals surface area contributed by atoms with Gasteiger partial charge in [0.2, 0.25) is 0 Å². The Kier molecular flexibility index (Phi) is 6.89. The molecule has 0 spiro atoms. The van der Waals surface area contributed by atoms with Crippen LogP contribution in [0.25, 0.3) is 0 Å². The minimum absolute atomic E-state index is 0.120. The van der Waals surface area contributed by atoms with Gasteiger partial charge in [0, 0.05) is 24.9 Å². The topological polar surface area (TPSA) is 83.7 Å². The highest BCUT2D eigenvalue weighted by atomic mass is 32.1. The fourth-order valence-electron chi connectivity index (χ4n) is 2.14. The predicted molar refractivity (Wildman–Crippen MR) is 92.3 cm³/mol. The van der Waals surface area contributed by atoms with Crippen LogP contribution in [0, 0.1) is 0 Å². The summed E-state index contributed by atoms with van der Waals surface area (Å²) in [6.07, 6.45) is 2.31. The number of rotatable bonds is 6. The van der Waals surface area contributed by atoms with Crippen LogP contribution in [0.15, 0.2) is 24.3 Å². The third-order valence-electron chi connectivity index (χ3n) is 3.35. The van der Waals surface area contributed by atoms with Crippen LogP contribution in [-0.2, 0) is 9.53 Å².